The van der Waals surface area contributed by atoms with E-state index < -0.39 is 0 Å². The minimum Gasteiger partial charge on any atom is -0.469 e. The van der Waals surface area contributed by atoms with Crippen molar-refractivity contribution in [2.75, 3.05) is 6.54 Å². The second-order valence-corrected chi connectivity index (χ2v) is 4.94. The van der Waals surface area contributed by atoms with E-state index in [0.717, 1.165) is 16.5 Å². The zero-order valence-electron chi connectivity index (χ0n) is 9.82. The van der Waals surface area contributed by atoms with E-state index in [2.05, 4.69) is 10.3 Å². The number of aromatic nitrogens is 1. The van der Waals surface area contributed by atoms with Crippen LogP contribution in [0.25, 0.3) is 0 Å². The highest BCUT2D eigenvalue weighted by atomic mass is 32.1. The highest BCUT2D eigenvalue weighted by molar-refractivity contribution is 7.13. The molecule has 2 aromatic heterocycles. The molecular formula is C12H14N2O2S. The van der Waals surface area contributed by atoms with E-state index in [9.17, 15) is 4.79 Å². The smallest absolute Gasteiger partial charge is 0.263 e. The van der Waals surface area contributed by atoms with E-state index in [1.807, 2.05) is 26.0 Å². The molecule has 0 aromatic carbocycles. The molecule has 17 heavy (non-hydrogen) atoms. The maximum absolute atomic E-state index is 11.8. The van der Waals surface area contributed by atoms with Crippen molar-refractivity contribution in [2.45, 2.75) is 20.3 Å². The molecule has 0 saturated heterocycles. The first-order valence-corrected chi connectivity index (χ1v) is 6.23. The number of rotatable bonds is 4. The summed E-state index contributed by atoms with van der Waals surface area (Å²) < 4.78 is 5.19. The third-order valence-corrected chi connectivity index (χ3v) is 3.42. The van der Waals surface area contributed by atoms with Crippen molar-refractivity contribution in [3.8, 4) is 0 Å². The van der Waals surface area contributed by atoms with Gasteiger partial charge in [0.2, 0.25) is 0 Å². The molecular weight excluding hydrogens is 236 g/mol. The minimum atomic E-state index is -0.0559. The topological polar surface area (TPSA) is 55.1 Å². The fraction of sp³-hybridized carbons (Fsp3) is 0.333. The van der Waals surface area contributed by atoms with Crippen LogP contribution in [-0.2, 0) is 6.42 Å². The Morgan fingerprint density at radius 3 is 2.94 bits per heavy atom. The molecule has 2 rings (SSSR count). The summed E-state index contributed by atoms with van der Waals surface area (Å²) in [6.07, 6.45) is 2.34. The minimum absolute atomic E-state index is 0.0559. The number of nitrogens with one attached hydrogen (secondary N) is 1. The van der Waals surface area contributed by atoms with Crippen molar-refractivity contribution in [2.24, 2.45) is 0 Å². The van der Waals surface area contributed by atoms with Gasteiger partial charge in [0.15, 0.2) is 0 Å². The molecule has 5 heteroatoms. The number of hydrogen-bond acceptors (Lipinski definition) is 4. The Bertz CT molecular complexity index is 503. The maximum atomic E-state index is 11.8. The van der Waals surface area contributed by atoms with Crippen molar-refractivity contribution in [1.82, 2.24) is 10.3 Å². The highest BCUT2D eigenvalue weighted by Gasteiger charge is 2.12. The molecule has 0 aliphatic rings. The summed E-state index contributed by atoms with van der Waals surface area (Å²) in [5.41, 5.74) is 0.794. The van der Waals surface area contributed by atoms with Crippen LogP contribution < -0.4 is 5.32 Å². The van der Waals surface area contributed by atoms with Gasteiger partial charge in [0, 0.05) is 13.0 Å². The quantitative estimate of drug-likeness (QED) is 0.906. The van der Waals surface area contributed by atoms with Gasteiger partial charge in [-0.2, -0.15) is 0 Å². The summed E-state index contributed by atoms with van der Waals surface area (Å²) in [6.45, 7) is 4.32. The summed E-state index contributed by atoms with van der Waals surface area (Å²) in [5.74, 6) is 0.821. The molecule has 0 atom stereocenters. The number of amides is 1. The second kappa shape index (κ2) is 5.14. The van der Waals surface area contributed by atoms with E-state index in [1.54, 1.807) is 6.26 Å². The molecule has 0 spiro atoms. The SMILES string of the molecule is Cc1nc(C)c(C(=O)NCCc2ccco2)s1. The van der Waals surface area contributed by atoms with Crippen LogP contribution >= 0.6 is 11.3 Å². The third kappa shape index (κ3) is 2.94. The van der Waals surface area contributed by atoms with Gasteiger partial charge in [0.1, 0.15) is 10.6 Å². The van der Waals surface area contributed by atoms with Crippen LogP contribution in [0.4, 0.5) is 0 Å². The molecule has 0 bridgehead atoms. The number of carbonyl (C=O) groups is 1. The summed E-state index contributed by atoms with van der Waals surface area (Å²) in [7, 11) is 0. The fourth-order valence-corrected chi connectivity index (χ4v) is 2.41. The maximum Gasteiger partial charge on any atom is 0.263 e. The first-order valence-electron chi connectivity index (χ1n) is 5.41. The van der Waals surface area contributed by atoms with Gasteiger partial charge in [0.05, 0.1) is 17.0 Å². The summed E-state index contributed by atoms with van der Waals surface area (Å²) >= 11 is 1.42. The van der Waals surface area contributed by atoms with Gasteiger partial charge >= 0.3 is 0 Å². The summed E-state index contributed by atoms with van der Waals surface area (Å²) in [5, 5.41) is 3.78. The molecule has 0 aliphatic heterocycles. The lowest BCUT2D eigenvalue weighted by molar-refractivity contribution is 0.0957. The van der Waals surface area contributed by atoms with Crippen molar-refractivity contribution in [3.63, 3.8) is 0 Å². The molecule has 0 aliphatic carbocycles. The molecule has 90 valence electrons. The van der Waals surface area contributed by atoms with Crippen molar-refractivity contribution in [3.05, 3.63) is 39.7 Å². The standard InChI is InChI=1S/C12H14N2O2S/c1-8-11(17-9(2)14-8)12(15)13-6-5-10-4-3-7-16-10/h3-4,7H,5-6H2,1-2H3,(H,13,15). The third-order valence-electron chi connectivity index (χ3n) is 2.35. The molecule has 0 unspecified atom stereocenters. The molecule has 2 aromatic rings. The lowest BCUT2D eigenvalue weighted by atomic mass is 10.3. The number of aryl methyl sites for hydroxylation is 2. The average molecular weight is 250 g/mol. The van der Waals surface area contributed by atoms with E-state index >= 15 is 0 Å². The number of carbonyl (C=O) groups excluding carboxylic acids is 1. The first-order chi connectivity index (χ1) is 8.16. The predicted molar refractivity (Wildman–Crippen MR) is 66.3 cm³/mol. The van der Waals surface area contributed by atoms with Crippen LogP contribution in [0.3, 0.4) is 0 Å². The second-order valence-electron chi connectivity index (χ2n) is 3.73. The van der Waals surface area contributed by atoms with Gasteiger partial charge in [-0.25, -0.2) is 4.98 Å². The first kappa shape index (κ1) is 11.9. The Morgan fingerprint density at radius 1 is 1.53 bits per heavy atom. The van der Waals surface area contributed by atoms with Gasteiger partial charge in [0.25, 0.3) is 5.91 Å². The van der Waals surface area contributed by atoms with Crippen LogP contribution in [0, 0.1) is 13.8 Å². The lowest BCUT2D eigenvalue weighted by Gasteiger charge is -2.02. The zero-order chi connectivity index (χ0) is 12.3. The van der Waals surface area contributed by atoms with Crippen molar-refractivity contribution < 1.29 is 9.21 Å². The van der Waals surface area contributed by atoms with Crippen molar-refractivity contribution in [1.29, 1.82) is 0 Å². The van der Waals surface area contributed by atoms with Crippen LogP contribution in [0.1, 0.15) is 26.1 Å². The molecule has 2 heterocycles. The Kier molecular flexibility index (Phi) is 3.58. The monoisotopic (exact) mass is 250 g/mol. The molecule has 0 fully saturated rings. The van der Waals surface area contributed by atoms with Crippen LogP contribution in [0.5, 0.6) is 0 Å². The Hall–Kier alpha value is -1.62. The van der Waals surface area contributed by atoms with E-state index in [1.165, 1.54) is 11.3 Å². The molecule has 4 nitrogen and oxygen atoms in total. The number of furan rings is 1. The van der Waals surface area contributed by atoms with Crippen LogP contribution in [0.2, 0.25) is 0 Å². The van der Waals surface area contributed by atoms with Gasteiger partial charge in [-0.3, -0.25) is 4.79 Å². The Balaban J connectivity index is 1.87. The lowest BCUT2D eigenvalue weighted by Crippen LogP contribution is -2.25. The molecule has 0 radical (unpaired) electrons. The highest BCUT2D eigenvalue weighted by Crippen LogP contribution is 2.16. The normalized spacial score (nSPS) is 10.5. The van der Waals surface area contributed by atoms with E-state index in [4.69, 9.17) is 4.42 Å². The Morgan fingerprint density at radius 2 is 2.35 bits per heavy atom. The van der Waals surface area contributed by atoms with Gasteiger partial charge in [-0.05, 0) is 26.0 Å². The number of thiazole rings is 1. The average Bonchev–Trinajstić information content (AvgIpc) is 2.88. The van der Waals surface area contributed by atoms with E-state index in [0.29, 0.717) is 17.8 Å². The van der Waals surface area contributed by atoms with Crippen molar-refractivity contribution >= 4 is 17.2 Å². The molecule has 1 N–H and O–H groups in total. The number of hydrogen-bond donors (Lipinski definition) is 1. The Labute approximate surface area is 104 Å². The number of nitrogens with zero attached hydrogens (tertiary/aromatic N) is 1. The van der Waals surface area contributed by atoms with Crippen LogP contribution in [0.15, 0.2) is 22.8 Å². The van der Waals surface area contributed by atoms with Gasteiger partial charge in [-0.15, -0.1) is 11.3 Å². The predicted octanol–water partition coefficient (Wildman–Crippen LogP) is 2.33. The van der Waals surface area contributed by atoms with Crippen LogP contribution in [-0.4, -0.2) is 17.4 Å². The zero-order valence-corrected chi connectivity index (χ0v) is 10.6. The largest absolute Gasteiger partial charge is 0.469 e. The summed E-state index contributed by atoms with van der Waals surface area (Å²) in [6, 6.07) is 3.74. The van der Waals surface area contributed by atoms with Gasteiger partial charge < -0.3 is 9.73 Å². The fourth-order valence-electron chi connectivity index (χ4n) is 1.58. The van der Waals surface area contributed by atoms with E-state index in [-0.39, 0.29) is 5.91 Å². The molecule has 0 saturated carbocycles. The molecule has 1 amide bonds. The summed E-state index contributed by atoms with van der Waals surface area (Å²) in [4.78, 5) is 16.8. The van der Waals surface area contributed by atoms with Gasteiger partial charge in [-0.1, -0.05) is 0 Å².